The van der Waals surface area contributed by atoms with Gasteiger partial charge < -0.3 is 14.8 Å². The quantitative estimate of drug-likeness (QED) is 0.858. The highest BCUT2D eigenvalue weighted by Gasteiger charge is 2.44. The molecule has 3 heterocycles. The summed E-state index contributed by atoms with van der Waals surface area (Å²) in [5.41, 5.74) is 0.654. The van der Waals surface area contributed by atoms with Gasteiger partial charge >= 0.3 is 0 Å². The lowest BCUT2D eigenvalue weighted by atomic mass is 9.78. The van der Waals surface area contributed by atoms with Gasteiger partial charge in [-0.25, -0.2) is 0 Å². The molecule has 4 nitrogen and oxygen atoms in total. The molecule has 4 heteroatoms. The molecule has 0 bridgehead atoms. The number of nitrogens with one attached hydrogen (secondary N) is 1. The van der Waals surface area contributed by atoms with E-state index >= 15 is 0 Å². The molecule has 1 spiro atoms. The monoisotopic (exact) mass is 264 g/mol. The first-order chi connectivity index (χ1) is 9.07. The predicted molar refractivity (Wildman–Crippen MR) is 73.8 cm³/mol. The average Bonchev–Trinajstić information content (AvgIpc) is 2.84. The van der Waals surface area contributed by atoms with Gasteiger partial charge in [0.2, 0.25) is 0 Å². The molecule has 0 radical (unpaired) electrons. The number of likely N-dealkylation sites (tertiary alicyclic amines) is 1. The number of aliphatic hydroxyl groups is 1. The van der Waals surface area contributed by atoms with Gasteiger partial charge in [-0.3, -0.25) is 4.90 Å². The second-order valence-electron chi connectivity index (χ2n) is 6.43. The average molecular weight is 264 g/mol. The topological polar surface area (TPSA) is 48.5 Å². The molecular formula is C15H24N2O2. The smallest absolute Gasteiger partial charge is 0.0734 e. The minimum Gasteiger partial charge on any atom is -0.390 e. The van der Waals surface area contributed by atoms with E-state index < -0.39 is 5.60 Å². The van der Waals surface area contributed by atoms with Crippen LogP contribution in [0, 0.1) is 0 Å². The molecule has 2 saturated heterocycles. The van der Waals surface area contributed by atoms with Crippen LogP contribution in [-0.4, -0.2) is 45.9 Å². The first-order valence-electron chi connectivity index (χ1n) is 7.28. The first kappa shape index (κ1) is 13.2. The van der Waals surface area contributed by atoms with Gasteiger partial charge in [-0.05, 0) is 38.3 Å². The molecule has 0 amide bonds. The maximum atomic E-state index is 10.3. The molecular weight excluding hydrogens is 240 g/mol. The number of aromatic nitrogens is 1. The third-order valence-corrected chi connectivity index (χ3v) is 4.58. The molecule has 19 heavy (non-hydrogen) atoms. The lowest BCUT2D eigenvalue weighted by Gasteiger charge is -2.48. The predicted octanol–water partition coefficient (Wildman–Crippen LogP) is 1.91. The van der Waals surface area contributed by atoms with Gasteiger partial charge in [-0.1, -0.05) is 0 Å². The van der Waals surface area contributed by atoms with E-state index in [0.29, 0.717) is 6.61 Å². The number of nitrogens with zero attached hydrogens (tertiary/aromatic N) is 1. The van der Waals surface area contributed by atoms with Crippen molar-refractivity contribution in [1.29, 1.82) is 0 Å². The third kappa shape index (κ3) is 3.02. The summed E-state index contributed by atoms with van der Waals surface area (Å²) in [6, 6.07) is 4.18. The van der Waals surface area contributed by atoms with E-state index in [9.17, 15) is 5.11 Å². The summed E-state index contributed by atoms with van der Waals surface area (Å²) in [6.45, 7) is 5.73. The Kier molecular flexibility index (Phi) is 3.41. The van der Waals surface area contributed by atoms with Crippen LogP contribution in [0.1, 0.15) is 38.3 Å². The molecule has 0 aromatic carbocycles. The number of hydrogen-bond donors (Lipinski definition) is 2. The summed E-state index contributed by atoms with van der Waals surface area (Å²) in [5.74, 6) is 0. The fourth-order valence-electron chi connectivity index (χ4n) is 3.47. The van der Waals surface area contributed by atoms with Crippen molar-refractivity contribution in [2.75, 3.05) is 19.7 Å². The van der Waals surface area contributed by atoms with E-state index in [1.807, 2.05) is 19.2 Å². The Balaban J connectivity index is 1.57. The van der Waals surface area contributed by atoms with Crippen LogP contribution in [0.4, 0.5) is 0 Å². The number of aromatic amines is 1. The Bertz CT molecular complexity index is 406. The van der Waals surface area contributed by atoms with Crippen molar-refractivity contribution in [3.63, 3.8) is 0 Å². The lowest BCUT2D eigenvalue weighted by molar-refractivity contribution is -0.173. The van der Waals surface area contributed by atoms with Gasteiger partial charge in [0.25, 0.3) is 0 Å². The molecule has 2 N–H and O–H groups in total. The molecule has 106 valence electrons. The Morgan fingerprint density at radius 2 is 2.16 bits per heavy atom. The lowest BCUT2D eigenvalue weighted by Crippen LogP contribution is -2.53. The second-order valence-corrected chi connectivity index (χ2v) is 6.43. The van der Waals surface area contributed by atoms with E-state index in [0.717, 1.165) is 45.3 Å². The minimum atomic E-state index is -0.542. The fourth-order valence-corrected chi connectivity index (χ4v) is 3.47. The zero-order chi connectivity index (χ0) is 13.3. The van der Waals surface area contributed by atoms with Gasteiger partial charge in [0.05, 0.1) is 17.8 Å². The van der Waals surface area contributed by atoms with E-state index in [4.69, 9.17) is 4.74 Å². The van der Waals surface area contributed by atoms with Crippen molar-refractivity contribution in [2.24, 2.45) is 0 Å². The van der Waals surface area contributed by atoms with Crippen LogP contribution < -0.4 is 0 Å². The van der Waals surface area contributed by atoms with Crippen molar-refractivity contribution in [2.45, 2.75) is 50.4 Å². The number of piperidine rings is 1. The number of ether oxygens (including phenoxy) is 1. The summed E-state index contributed by atoms with van der Waals surface area (Å²) in [4.78, 5) is 5.72. The van der Waals surface area contributed by atoms with Crippen molar-refractivity contribution >= 4 is 0 Å². The van der Waals surface area contributed by atoms with E-state index in [1.54, 1.807) is 0 Å². The standard InChI is InChI=1S/C15H24N2O2/c1-14(18)6-10-19-15(12-14)4-8-17(9-5-15)11-13-3-2-7-16-13/h2-3,7,16,18H,4-6,8-12H2,1H3/t14-/m0/s1. The van der Waals surface area contributed by atoms with Crippen LogP contribution in [0.25, 0.3) is 0 Å². The summed E-state index contributed by atoms with van der Waals surface area (Å²) < 4.78 is 6.03. The highest BCUT2D eigenvalue weighted by Crippen LogP contribution is 2.39. The third-order valence-electron chi connectivity index (χ3n) is 4.58. The summed E-state index contributed by atoms with van der Waals surface area (Å²) in [5, 5.41) is 10.3. The van der Waals surface area contributed by atoms with Gasteiger partial charge in [-0.2, -0.15) is 0 Å². The van der Waals surface area contributed by atoms with Crippen molar-refractivity contribution < 1.29 is 9.84 Å². The van der Waals surface area contributed by atoms with E-state index in [-0.39, 0.29) is 5.60 Å². The van der Waals surface area contributed by atoms with Crippen LogP contribution in [0.2, 0.25) is 0 Å². The highest BCUT2D eigenvalue weighted by atomic mass is 16.5. The summed E-state index contributed by atoms with van der Waals surface area (Å²) >= 11 is 0. The Hall–Kier alpha value is -0.840. The summed E-state index contributed by atoms with van der Waals surface area (Å²) in [7, 11) is 0. The molecule has 3 rings (SSSR count). The Morgan fingerprint density at radius 1 is 1.37 bits per heavy atom. The van der Waals surface area contributed by atoms with Gasteiger partial charge in [0.15, 0.2) is 0 Å². The maximum Gasteiger partial charge on any atom is 0.0734 e. The fraction of sp³-hybridized carbons (Fsp3) is 0.733. The van der Waals surface area contributed by atoms with Crippen molar-refractivity contribution in [1.82, 2.24) is 9.88 Å². The van der Waals surface area contributed by atoms with Gasteiger partial charge in [0, 0.05) is 37.9 Å². The van der Waals surface area contributed by atoms with Crippen LogP contribution in [0.5, 0.6) is 0 Å². The Morgan fingerprint density at radius 3 is 2.79 bits per heavy atom. The SMILES string of the molecule is C[C@]1(O)CCOC2(CCN(Cc3ccc[nH]3)CC2)C1. The van der Waals surface area contributed by atoms with E-state index in [2.05, 4.69) is 16.0 Å². The van der Waals surface area contributed by atoms with Crippen LogP contribution in [-0.2, 0) is 11.3 Å². The number of hydrogen-bond acceptors (Lipinski definition) is 3. The van der Waals surface area contributed by atoms with Gasteiger partial charge in [0.1, 0.15) is 0 Å². The number of rotatable bonds is 2. The zero-order valence-electron chi connectivity index (χ0n) is 11.7. The zero-order valence-corrected chi connectivity index (χ0v) is 11.7. The highest BCUT2D eigenvalue weighted by molar-refractivity contribution is 5.04. The van der Waals surface area contributed by atoms with Crippen molar-refractivity contribution in [3.05, 3.63) is 24.0 Å². The number of H-pyrrole nitrogens is 1. The van der Waals surface area contributed by atoms with Crippen LogP contribution in [0.15, 0.2) is 18.3 Å². The Labute approximate surface area is 114 Å². The van der Waals surface area contributed by atoms with Crippen molar-refractivity contribution in [3.8, 4) is 0 Å². The molecule has 0 saturated carbocycles. The molecule has 2 fully saturated rings. The van der Waals surface area contributed by atoms with E-state index in [1.165, 1.54) is 5.69 Å². The van der Waals surface area contributed by atoms with Crippen LogP contribution in [0.3, 0.4) is 0 Å². The molecule has 0 aliphatic carbocycles. The largest absolute Gasteiger partial charge is 0.390 e. The first-order valence-corrected chi connectivity index (χ1v) is 7.28. The molecule has 1 atom stereocenters. The molecule has 2 aliphatic heterocycles. The molecule has 1 aromatic heterocycles. The second kappa shape index (κ2) is 4.93. The van der Waals surface area contributed by atoms with Crippen LogP contribution >= 0.6 is 0 Å². The summed E-state index contributed by atoms with van der Waals surface area (Å²) in [6.07, 6.45) is 5.59. The normalized spacial score (nSPS) is 31.7. The molecule has 1 aromatic rings. The molecule has 0 unspecified atom stereocenters. The molecule has 2 aliphatic rings. The van der Waals surface area contributed by atoms with Gasteiger partial charge in [-0.15, -0.1) is 0 Å². The maximum absolute atomic E-state index is 10.3. The minimum absolute atomic E-state index is 0.0754.